The first kappa shape index (κ1) is 6.78. The van der Waals surface area contributed by atoms with Crippen LogP contribution >= 0.6 is 0 Å². The molecule has 2 atom stereocenters. The van der Waals surface area contributed by atoms with E-state index in [-0.39, 0.29) is 12.2 Å². The Balaban J connectivity index is 2.33. The van der Waals surface area contributed by atoms with Gasteiger partial charge in [-0.05, 0) is 13.8 Å². The monoisotopic (exact) mass is 128 g/mol. The van der Waals surface area contributed by atoms with E-state index in [0.717, 1.165) is 5.57 Å². The highest BCUT2D eigenvalue weighted by Crippen LogP contribution is 2.15. The van der Waals surface area contributed by atoms with E-state index in [1.165, 1.54) is 0 Å². The highest BCUT2D eigenvalue weighted by molar-refractivity contribution is 5.02. The van der Waals surface area contributed by atoms with Crippen molar-refractivity contribution in [3.8, 4) is 0 Å². The van der Waals surface area contributed by atoms with Crippen LogP contribution in [-0.4, -0.2) is 23.9 Å². The molecule has 1 aliphatic rings. The number of hydrogen-bond acceptors (Lipinski definition) is 2. The molecule has 2 nitrogen and oxygen atoms in total. The Morgan fingerprint density at radius 3 is 2.67 bits per heavy atom. The fourth-order valence-corrected chi connectivity index (χ4v) is 0.702. The summed E-state index contributed by atoms with van der Waals surface area (Å²) in [6, 6.07) is 0. The van der Waals surface area contributed by atoms with Gasteiger partial charge in [-0.15, -0.1) is 0 Å². The highest BCUT2D eigenvalue weighted by atomic mass is 16.6. The zero-order chi connectivity index (χ0) is 6.85. The van der Waals surface area contributed by atoms with E-state index in [2.05, 4.69) is 0 Å². The standard InChI is InChI=1S/C7H12O2/c1-5(2)3-6(8)7-4-9-7/h3,6-8H,4H2,1-2H3. The maximum absolute atomic E-state index is 9.16. The fourth-order valence-electron chi connectivity index (χ4n) is 0.702. The van der Waals surface area contributed by atoms with Crippen LogP contribution in [0.15, 0.2) is 11.6 Å². The van der Waals surface area contributed by atoms with Gasteiger partial charge in [0.2, 0.25) is 0 Å². The molecule has 0 aromatic rings. The summed E-state index contributed by atoms with van der Waals surface area (Å²) in [4.78, 5) is 0. The van der Waals surface area contributed by atoms with Gasteiger partial charge in [-0.3, -0.25) is 0 Å². The van der Waals surface area contributed by atoms with Crippen LogP contribution in [-0.2, 0) is 4.74 Å². The van der Waals surface area contributed by atoms with Crippen LogP contribution in [0, 0.1) is 0 Å². The summed E-state index contributed by atoms with van der Waals surface area (Å²) in [5, 5.41) is 9.16. The number of hydrogen-bond donors (Lipinski definition) is 1. The molecule has 2 unspecified atom stereocenters. The molecule has 1 rings (SSSR count). The van der Waals surface area contributed by atoms with Gasteiger partial charge in [0, 0.05) is 0 Å². The molecule has 9 heavy (non-hydrogen) atoms. The van der Waals surface area contributed by atoms with Crippen molar-refractivity contribution in [2.24, 2.45) is 0 Å². The van der Waals surface area contributed by atoms with Gasteiger partial charge < -0.3 is 9.84 Å². The first-order valence-electron chi connectivity index (χ1n) is 3.15. The normalized spacial score (nSPS) is 27.2. The number of rotatable bonds is 2. The molecule has 0 spiro atoms. The van der Waals surface area contributed by atoms with Crippen molar-refractivity contribution in [3.05, 3.63) is 11.6 Å². The predicted molar refractivity (Wildman–Crippen MR) is 35.2 cm³/mol. The van der Waals surface area contributed by atoms with Crippen molar-refractivity contribution < 1.29 is 9.84 Å². The van der Waals surface area contributed by atoms with Gasteiger partial charge in [0.15, 0.2) is 0 Å². The van der Waals surface area contributed by atoms with Crippen LogP contribution in [0.2, 0.25) is 0 Å². The van der Waals surface area contributed by atoms with E-state index in [4.69, 9.17) is 9.84 Å². The molecule has 52 valence electrons. The maximum atomic E-state index is 9.16. The van der Waals surface area contributed by atoms with Gasteiger partial charge in [-0.25, -0.2) is 0 Å². The smallest absolute Gasteiger partial charge is 0.110 e. The number of allylic oxidation sites excluding steroid dienone is 1. The van der Waals surface area contributed by atoms with Crippen molar-refractivity contribution in [2.75, 3.05) is 6.61 Å². The Bertz CT molecular complexity index is 121. The summed E-state index contributed by atoms with van der Waals surface area (Å²) in [6.45, 7) is 4.64. The van der Waals surface area contributed by atoms with Gasteiger partial charge in [0.1, 0.15) is 12.2 Å². The molecule has 1 heterocycles. The molecule has 0 saturated carbocycles. The van der Waals surface area contributed by atoms with Crippen LogP contribution in [0.3, 0.4) is 0 Å². The second kappa shape index (κ2) is 2.50. The Morgan fingerprint density at radius 2 is 2.33 bits per heavy atom. The van der Waals surface area contributed by atoms with Crippen LogP contribution in [0.25, 0.3) is 0 Å². The maximum Gasteiger partial charge on any atom is 0.110 e. The topological polar surface area (TPSA) is 32.8 Å². The van der Waals surface area contributed by atoms with Gasteiger partial charge in [0.25, 0.3) is 0 Å². The van der Waals surface area contributed by atoms with Crippen molar-refractivity contribution in [2.45, 2.75) is 26.1 Å². The van der Waals surface area contributed by atoms with Crippen molar-refractivity contribution in [1.82, 2.24) is 0 Å². The van der Waals surface area contributed by atoms with Gasteiger partial charge in [0.05, 0.1) is 6.61 Å². The second-order valence-corrected chi connectivity index (χ2v) is 2.61. The Hall–Kier alpha value is -0.340. The molecule has 1 fully saturated rings. The summed E-state index contributed by atoms with van der Waals surface area (Å²) >= 11 is 0. The molecular formula is C7H12O2. The van der Waals surface area contributed by atoms with Crippen molar-refractivity contribution in [3.63, 3.8) is 0 Å². The Morgan fingerprint density at radius 1 is 1.78 bits per heavy atom. The third kappa shape index (κ3) is 2.16. The van der Waals surface area contributed by atoms with E-state index < -0.39 is 0 Å². The average molecular weight is 128 g/mol. The average Bonchev–Trinajstić information content (AvgIpc) is 2.40. The van der Waals surface area contributed by atoms with Gasteiger partial charge in [-0.1, -0.05) is 11.6 Å². The van der Waals surface area contributed by atoms with E-state index in [1.54, 1.807) is 0 Å². The minimum atomic E-state index is -0.380. The van der Waals surface area contributed by atoms with Crippen LogP contribution < -0.4 is 0 Å². The molecule has 0 radical (unpaired) electrons. The molecule has 2 heteroatoms. The Labute approximate surface area is 55.1 Å². The first-order chi connectivity index (χ1) is 4.20. The van der Waals surface area contributed by atoms with Gasteiger partial charge in [-0.2, -0.15) is 0 Å². The summed E-state index contributed by atoms with van der Waals surface area (Å²) in [5.41, 5.74) is 1.14. The molecule has 0 aromatic heterocycles. The van der Waals surface area contributed by atoms with Crippen LogP contribution in [0.5, 0.6) is 0 Å². The van der Waals surface area contributed by atoms with Crippen LogP contribution in [0.1, 0.15) is 13.8 Å². The van der Waals surface area contributed by atoms with E-state index >= 15 is 0 Å². The molecule has 1 N–H and O–H groups in total. The van der Waals surface area contributed by atoms with Crippen molar-refractivity contribution >= 4 is 0 Å². The first-order valence-corrected chi connectivity index (χ1v) is 3.15. The number of epoxide rings is 1. The quantitative estimate of drug-likeness (QED) is 0.439. The zero-order valence-corrected chi connectivity index (χ0v) is 5.79. The second-order valence-electron chi connectivity index (χ2n) is 2.61. The summed E-state index contributed by atoms with van der Waals surface area (Å²) in [7, 11) is 0. The predicted octanol–water partition coefficient (Wildman–Crippen LogP) is 0.712. The lowest BCUT2D eigenvalue weighted by molar-refractivity contribution is 0.177. The lowest BCUT2D eigenvalue weighted by Gasteiger charge is -1.98. The number of ether oxygens (including phenoxy) is 1. The van der Waals surface area contributed by atoms with Gasteiger partial charge >= 0.3 is 0 Å². The number of aliphatic hydroxyl groups excluding tert-OH is 1. The molecular weight excluding hydrogens is 116 g/mol. The number of aliphatic hydroxyl groups is 1. The summed E-state index contributed by atoms with van der Waals surface area (Å²) < 4.78 is 4.88. The minimum Gasteiger partial charge on any atom is -0.386 e. The molecule has 0 amide bonds. The van der Waals surface area contributed by atoms with E-state index in [1.807, 2.05) is 19.9 Å². The summed E-state index contributed by atoms with van der Waals surface area (Å²) in [5.74, 6) is 0. The molecule has 0 bridgehead atoms. The lowest BCUT2D eigenvalue weighted by atomic mass is 10.2. The van der Waals surface area contributed by atoms with E-state index in [9.17, 15) is 0 Å². The lowest BCUT2D eigenvalue weighted by Crippen LogP contribution is -2.10. The van der Waals surface area contributed by atoms with E-state index in [0.29, 0.717) is 6.61 Å². The Kier molecular flexibility index (Phi) is 1.88. The van der Waals surface area contributed by atoms with Crippen LogP contribution in [0.4, 0.5) is 0 Å². The highest BCUT2D eigenvalue weighted by Gasteiger charge is 2.29. The third-order valence-electron chi connectivity index (χ3n) is 1.24. The van der Waals surface area contributed by atoms with Crippen molar-refractivity contribution in [1.29, 1.82) is 0 Å². The molecule has 1 aliphatic heterocycles. The third-order valence-corrected chi connectivity index (χ3v) is 1.24. The molecule has 1 saturated heterocycles. The molecule has 0 aliphatic carbocycles. The molecule has 0 aromatic carbocycles. The summed E-state index contributed by atoms with van der Waals surface area (Å²) in [6.07, 6.45) is 1.52. The SMILES string of the molecule is CC(C)=CC(O)C1CO1. The largest absolute Gasteiger partial charge is 0.386 e. The zero-order valence-electron chi connectivity index (χ0n) is 5.79. The minimum absolute atomic E-state index is 0.0832. The fraction of sp³-hybridized carbons (Fsp3) is 0.714.